The fourth-order valence-electron chi connectivity index (χ4n) is 3.39. The number of ether oxygens (including phenoxy) is 1. The Labute approximate surface area is 168 Å². The summed E-state index contributed by atoms with van der Waals surface area (Å²) in [4.78, 5) is 37.6. The molecule has 0 bridgehead atoms. The molecule has 0 aromatic heterocycles. The van der Waals surface area contributed by atoms with Crippen LogP contribution in [-0.4, -0.2) is 52.8 Å². The molecule has 2 aromatic rings. The van der Waals surface area contributed by atoms with Crippen LogP contribution in [0.3, 0.4) is 0 Å². The predicted octanol–water partition coefficient (Wildman–Crippen LogP) is 1.61. The number of benzene rings is 2. The van der Waals surface area contributed by atoms with Crippen LogP contribution in [0.4, 0.5) is 4.79 Å². The SMILES string of the molecule is NC(Cc1ccccc1)C(=O)N1CC(NC(=O)c2ccccc2)CC1OC(=O)O. The van der Waals surface area contributed by atoms with Gasteiger partial charge >= 0.3 is 6.16 Å². The van der Waals surface area contributed by atoms with E-state index in [1.165, 1.54) is 4.90 Å². The van der Waals surface area contributed by atoms with Crippen LogP contribution in [0.25, 0.3) is 0 Å². The Balaban J connectivity index is 1.67. The van der Waals surface area contributed by atoms with Crippen molar-refractivity contribution >= 4 is 18.0 Å². The molecule has 29 heavy (non-hydrogen) atoms. The number of hydrogen-bond acceptors (Lipinski definition) is 5. The molecule has 3 rings (SSSR count). The van der Waals surface area contributed by atoms with E-state index in [1.807, 2.05) is 30.3 Å². The maximum Gasteiger partial charge on any atom is 0.507 e. The van der Waals surface area contributed by atoms with Gasteiger partial charge in [0.25, 0.3) is 5.91 Å². The van der Waals surface area contributed by atoms with Gasteiger partial charge in [-0.1, -0.05) is 48.5 Å². The van der Waals surface area contributed by atoms with Gasteiger partial charge < -0.3 is 25.8 Å². The van der Waals surface area contributed by atoms with Gasteiger partial charge in [-0.15, -0.1) is 0 Å². The minimum atomic E-state index is -1.49. The summed E-state index contributed by atoms with van der Waals surface area (Å²) in [6.07, 6.45) is -2.01. The maximum absolute atomic E-state index is 12.9. The molecule has 0 radical (unpaired) electrons. The highest BCUT2D eigenvalue weighted by Gasteiger charge is 2.40. The van der Waals surface area contributed by atoms with E-state index < -0.39 is 30.4 Å². The van der Waals surface area contributed by atoms with Gasteiger partial charge in [0, 0.05) is 18.5 Å². The molecule has 2 aromatic carbocycles. The summed E-state index contributed by atoms with van der Waals surface area (Å²) in [5.41, 5.74) is 7.46. The van der Waals surface area contributed by atoms with E-state index in [9.17, 15) is 14.4 Å². The van der Waals surface area contributed by atoms with Crippen LogP contribution >= 0.6 is 0 Å². The molecular weight excluding hydrogens is 374 g/mol. The van der Waals surface area contributed by atoms with Gasteiger partial charge in [-0.3, -0.25) is 9.59 Å². The van der Waals surface area contributed by atoms with Crippen molar-refractivity contribution in [1.29, 1.82) is 0 Å². The van der Waals surface area contributed by atoms with Gasteiger partial charge in [0.05, 0.1) is 12.1 Å². The largest absolute Gasteiger partial charge is 0.507 e. The highest BCUT2D eigenvalue weighted by molar-refractivity contribution is 5.94. The Morgan fingerprint density at radius 3 is 2.34 bits per heavy atom. The monoisotopic (exact) mass is 397 g/mol. The first-order valence-corrected chi connectivity index (χ1v) is 9.29. The Bertz CT molecular complexity index is 859. The predicted molar refractivity (Wildman–Crippen MR) is 105 cm³/mol. The van der Waals surface area contributed by atoms with Crippen molar-refractivity contribution < 1.29 is 24.2 Å². The van der Waals surface area contributed by atoms with E-state index in [-0.39, 0.29) is 18.9 Å². The van der Waals surface area contributed by atoms with Crippen LogP contribution in [-0.2, 0) is 16.0 Å². The van der Waals surface area contributed by atoms with Crippen molar-refractivity contribution in [2.24, 2.45) is 5.73 Å². The zero-order valence-corrected chi connectivity index (χ0v) is 15.7. The number of carbonyl (C=O) groups is 3. The lowest BCUT2D eigenvalue weighted by molar-refractivity contribution is -0.140. The second-order valence-corrected chi connectivity index (χ2v) is 6.90. The Kier molecular flexibility index (Phi) is 6.46. The summed E-state index contributed by atoms with van der Waals surface area (Å²) in [5.74, 6) is -0.718. The van der Waals surface area contributed by atoms with Crippen LogP contribution in [0.2, 0.25) is 0 Å². The van der Waals surface area contributed by atoms with Gasteiger partial charge in [-0.25, -0.2) is 4.79 Å². The average Bonchev–Trinajstić information content (AvgIpc) is 3.10. The number of hydrogen-bond donors (Lipinski definition) is 3. The van der Waals surface area contributed by atoms with E-state index in [0.717, 1.165) is 5.56 Å². The van der Waals surface area contributed by atoms with Crippen molar-refractivity contribution in [1.82, 2.24) is 10.2 Å². The number of nitrogens with zero attached hydrogens (tertiary/aromatic N) is 1. The van der Waals surface area contributed by atoms with E-state index in [4.69, 9.17) is 15.6 Å². The normalized spacial score (nSPS) is 19.4. The Morgan fingerprint density at radius 1 is 1.10 bits per heavy atom. The lowest BCUT2D eigenvalue weighted by atomic mass is 10.1. The molecule has 0 aliphatic carbocycles. The molecule has 1 saturated heterocycles. The third-order valence-corrected chi connectivity index (χ3v) is 4.76. The lowest BCUT2D eigenvalue weighted by Crippen LogP contribution is -2.48. The van der Waals surface area contributed by atoms with Crippen molar-refractivity contribution in [2.75, 3.05) is 6.54 Å². The first-order chi connectivity index (χ1) is 13.9. The lowest BCUT2D eigenvalue weighted by Gasteiger charge is -2.26. The molecule has 3 unspecified atom stereocenters. The highest BCUT2D eigenvalue weighted by Crippen LogP contribution is 2.21. The van der Waals surface area contributed by atoms with Crippen molar-refractivity contribution in [3.8, 4) is 0 Å². The molecule has 2 amide bonds. The molecular formula is C21H23N3O5. The van der Waals surface area contributed by atoms with Gasteiger partial charge in [0.15, 0.2) is 6.23 Å². The van der Waals surface area contributed by atoms with Crippen LogP contribution in [0, 0.1) is 0 Å². The smallest absolute Gasteiger partial charge is 0.450 e. The summed E-state index contributed by atoms with van der Waals surface area (Å²) in [7, 11) is 0. The molecule has 8 heteroatoms. The number of nitrogens with one attached hydrogen (secondary N) is 1. The molecule has 0 saturated carbocycles. The fourth-order valence-corrected chi connectivity index (χ4v) is 3.39. The topological polar surface area (TPSA) is 122 Å². The minimum Gasteiger partial charge on any atom is -0.450 e. The standard InChI is InChI=1S/C21H23N3O5/c22-17(11-14-7-3-1-4-8-14)20(26)24-13-16(12-18(24)29-21(27)28)23-19(25)15-9-5-2-6-10-15/h1-10,16-18H,11-13,22H2,(H,23,25)(H,27,28). The first-order valence-electron chi connectivity index (χ1n) is 9.29. The molecule has 1 aliphatic rings. The van der Waals surface area contributed by atoms with Gasteiger partial charge in [-0.05, 0) is 24.1 Å². The summed E-state index contributed by atoms with van der Waals surface area (Å²) in [6.45, 7) is 0.123. The van der Waals surface area contributed by atoms with Crippen LogP contribution in [0.1, 0.15) is 22.3 Å². The molecule has 1 fully saturated rings. The highest BCUT2D eigenvalue weighted by atomic mass is 16.7. The Morgan fingerprint density at radius 2 is 1.72 bits per heavy atom. The zero-order chi connectivity index (χ0) is 20.8. The van der Waals surface area contributed by atoms with Gasteiger partial charge in [-0.2, -0.15) is 0 Å². The minimum absolute atomic E-state index is 0.123. The van der Waals surface area contributed by atoms with Gasteiger partial charge in [0.2, 0.25) is 5.91 Å². The quantitative estimate of drug-likeness (QED) is 0.637. The molecule has 3 atom stereocenters. The molecule has 1 heterocycles. The summed E-state index contributed by atoms with van der Waals surface area (Å²) >= 11 is 0. The molecule has 4 N–H and O–H groups in total. The second-order valence-electron chi connectivity index (χ2n) is 6.90. The third kappa shape index (κ3) is 5.32. The molecule has 152 valence electrons. The van der Waals surface area contributed by atoms with E-state index in [0.29, 0.717) is 12.0 Å². The second kappa shape index (κ2) is 9.20. The number of likely N-dealkylation sites (tertiary alicyclic amines) is 1. The van der Waals surface area contributed by atoms with Crippen molar-refractivity contribution in [3.05, 3.63) is 71.8 Å². The molecule has 0 spiro atoms. The maximum atomic E-state index is 12.9. The number of rotatable bonds is 6. The Hall–Kier alpha value is -3.39. The number of carbonyl (C=O) groups excluding carboxylic acids is 2. The van der Waals surface area contributed by atoms with Crippen LogP contribution in [0.5, 0.6) is 0 Å². The average molecular weight is 397 g/mol. The van der Waals surface area contributed by atoms with Gasteiger partial charge in [0.1, 0.15) is 0 Å². The third-order valence-electron chi connectivity index (χ3n) is 4.76. The number of amides is 2. The summed E-state index contributed by atoms with van der Waals surface area (Å²) in [5, 5.41) is 11.8. The van der Waals surface area contributed by atoms with E-state index in [1.54, 1.807) is 30.3 Å². The number of carboxylic acid groups (broad SMARTS) is 1. The van der Waals surface area contributed by atoms with Crippen molar-refractivity contribution in [2.45, 2.75) is 31.2 Å². The number of nitrogens with two attached hydrogens (primary N) is 1. The summed E-state index contributed by atoms with van der Waals surface area (Å²) < 4.78 is 4.88. The molecule has 8 nitrogen and oxygen atoms in total. The van der Waals surface area contributed by atoms with E-state index >= 15 is 0 Å². The van der Waals surface area contributed by atoms with Crippen LogP contribution in [0.15, 0.2) is 60.7 Å². The fraction of sp³-hybridized carbons (Fsp3) is 0.286. The summed E-state index contributed by atoms with van der Waals surface area (Å²) in [6, 6.07) is 16.7. The van der Waals surface area contributed by atoms with Crippen LogP contribution < -0.4 is 11.1 Å². The van der Waals surface area contributed by atoms with Crippen molar-refractivity contribution in [3.63, 3.8) is 0 Å². The first kappa shape index (κ1) is 20.3. The van der Waals surface area contributed by atoms with E-state index in [2.05, 4.69) is 5.32 Å². The molecule has 1 aliphatic heterocycles. The zero-order valence-electron chi connectivity index (χ0n) is 15.7.